The predicted molar refractivity (Wildman–Crippen MR) is 101 cm³/mol. The Balaban J connectivity index is 0.00000288. The van der Waals surface area contributed by atoms with Gasteiger partial charge in [0.15, 0.2) is 5.96 Å². The van der Waals surface area contributed by atoms with Gasteiger partial charge in [-0.3, -0.25) is 9.89 Å². The van der Waals surface area contributed by atoms with Crippen LogP contribution in [0.5, 0.6) is 0 Å². The molecule has 24 heavy (non-hydrogen) atoms. The monoisotopic (exact) mass is 476 g/mol. The first-order valence-electron chi connectivity index (χ1n) is 7.36. The van der Waals surface area contributed by atoms with Crippen LogP contribution in [0.25, 0.3) is 0 Å². The lowest BCUT2D eigenvalue weighted by atomic mass is 10.2. The van der Waals surface area contributed by atoms with Gasteiger partial charge in [-0.1, -0.05) is 23.7 Å². The minimum Gasteiger partial charge on any atom is -0.352 e. The summed E-state index contributed by atoms with van der Waals surface area (Å²) in [4.78, 5) is 5.51. The molecule has 1 unspecified atom stereocenters. The predicted octanol–water partition coefficient (Wildman–Crippen LogP) is 3.26. The van der Waals surface area contributed by atoms with E-state index in [4.69, 9.17) is 11.6 Å². The standard InChI is InChI=1S/C15H20ClF3N4.HI/c1-20-14(21-8-11-3-2-4-12(16)7-11)22-13-5-6-23(9-13)10-15(17,18)19;/h2-4,7,13H,5-6,8-10H2,1H3,(H2,20,21,22);1H. The molecule has 1 atom stereocenters. The third-order valence-corrected chi connectivity index (χ3v) is 3.82. The molecule has 0 aromatic heterocycles. The largest absolute Gasteiger partial charge is 0.401 e. The van der Waals surface area contributed by atoms with Crippen molar-refractivity contribution in [3.05, 3.63) is 34.9 Å². The Labute approximate surface area is 161 Å². The molecule has 4 nitrogen and oxygen atoms in total. The lowest BCUT2D eigenvalue weighted by molar-refractivity contribution is -0.143. The molecule has 0 spiro atoms. The number of hydrogen-bond acceptors (Lipinski definition) is 2. The molecule has 1 aliphatic heterocycles. The highest BCUT2D eigenvalue weighted by molar-refractivity contribution is 14.0. The number of rotatable bonds is 4. The van der Waals surface area contributed by atoms with E-state index in [-0.39, 0.29) is 30.0 Å². The van der Waals surface area contributed by atoms with Crippen molar-refractivity contribution in [1.29, 1.82) is 0 Å². The van der Waals surface area contributed by atoms with Gasteiger partial charge in [0.1, 0.15) is 0 Å². The van der Waals surface area contributed by atoms with Gasteiger partial charge in [-0.15, -0.1) is 24.0 Å². The lowest BCUT2D eigenvalue weighted by Crippen LogP contribution is -2.44. The quantitative estimate of drug-likeness (QED) is 0.398. The molecule has 0 radical (unpaired) electrons. The Morgan fingerprint density at radius 3 is 2.79 bits per heavy atom. The molecule has 2 N–H and O–H groups in total. The van der Waals surface area contributed by atoms with E-state index in [1.165, 1.54) is 4.90 Å². The van der Waals surface area contributed by atoms with Crippen LogP contribution in [0.15, 0.2) is 29.3 Å². The first kappa shape index (κ1) is 21.3. The number of likely N-dealkylation sites (tertiary alicyclic amines) is 1. The number of benzene rings is 1. The maximum atomic E-state index is 12.4. The zero-order chi connectivity index (χ0) is 16.9. The van der Waals surface area contributed by atoms with Crippen molar-refractivity contribution in [2.24, 2.45) is 4.99 Å². The van der Waals surface area contributed by atoms with Crippen molar-refractivity contribution in [3.63, 3.8) is 0 Å². The Hall–Kier alpha value is -0.740. The third-order valence-electron chi connectivity index (χ3n) is 3.59. The molecule has 0 amide bonds. The summed E-state index contributed by atoms with van der Waals surface area (Å²) in [6, 6.07) is 7.41. The van der Waals surface area contributed by atoms with E-state index < -0.39 is 12.7 Å². The minimum absolute atomic E-state index is 0. The van der Waals surface area contributed by atoms with Crippen LogP contribution >= 0.6 is 35.6 Å². The molecule has 136 valence electrons. The summed E-state index contributed by atoms with van der Waals surface area (Å²) in [6.07, 6.45) is -3.49. The summed E-state index contributed by atoms with van der Waals surface area (Å²) in [7, 11) is 1.63. The first-order valence-corrected chi connectivity index (χ1v) is 7.74. The highest BCUT2D eigenvalue weighted by Crippen LogP contribution is 2.19. The van der Waals surface area contributed by atoms with Crippen LogP contribution in [0, 0.1) is 0 Å². The average Bonchev–Trinajstić information content (AvgIpc) is 2.88. The van der Waals surface area contributed by atoms with Gasteiger partial charge in [0, 0.05) is 37.7 Å². The van der Waals surface area contributed by atoms with Crippen LogP contribution in [0.3, 0.4) is 0 Å². The van der Waals surface area contributed by atoms with Gasteiger partial charge in [-0.05, 0) is 24.1 Å². The van der Waals surface area contributed by atoms with Crippen molar-refractivity contribution >= 4 is 41.5 Å². The van der Waals surface area contributed by atoms with E-state index in [0.29, 0.717) is 37.0 Å². The normalized spacial score (nSPS) is 19.0. The number of guanidine groups is 1. The molecule has 1 fully saturated rings. The van der Waals surface area contributed by atoms with Gasteiger partial charge in [0.2, 0.25) is 0 Å². The highest BCUT2D eigenvalue weighted by Gasteiger charge is 2.34. The van der Waals surface area contributed by atoms with Crippen molar-refractivity contribution in [3.8, 4) is 0 Å². The second-order valence-corrected chi connectivity index (χ2v) is 5.97. The molecule has 0 bridgehead atoms. The van der Waals surface area contributed by atoms with Crippen LogP contribution in [-0.2, 0) is 6.54 Å². The number of hydrogen-bond donors (Lipinski definition) is 2. The maximum absolute atomic E-state index is 12.4. The number of aliphatic imine (C=N–C) groups is 1. The smallest absolute Gasteiger partial charge is 0.352 e. The van der Waals surface area contributed by atoms with Crippen LogP contribution in [-0.4, -0.2) is 49.8 Å². The molecule has 0 saturated carbocycles. The van der Waals surface area contributed by atoms with Gasteiger partial charge >= 0.3 is 6.18 Å². The molecule has 9 heteroatoms. The average molecular weight is 477 g/mol. The van der Waals surface area contributed by atoms with E-state index in [1.54, 1.807) is 13.1 Å². The first-order chi connectivity index (χ1) is 10.9. The summed E-state index contributed by atoms with van der Waals surface area (Å²) in [5, 5.41) is 6.96. The Bertz CT molecular complexity index is 554. The maximum Gasteiger partial charge on any atom is 0.401 e. The van der Waals surface area contributed by atoms with Crippen LogP contribution in [0.4, 0.5) is 13.2 Å². The molecule has 1 heterocycles. The number of halogens is 5. The van der Waals surface area contributed by atoms with Crippen molar-refractivity contribution in [2.45, 2.75) is 25.2 Å². The SMILES string of the molecule is CN=C(NCc1cccc(Cl)c1)NC1CCN(CC(F)(F)F)C1.I. The fraction of sp³-hybridized carbons (Fsp3) is 0.533. The van der Waals surface area contributed by atoms with Gasteiger partial charge in [0.05, 0.1) is 6.54 Å². The summed E-state index contributed by atoms with van der Waals surface area (Å²) in [6.45, 7) is 0.471. The van der Waals surface area contributed by atoms with E-state index in [0.717, 1.165) is 5.56 Å². The van der Waals surface area contributed by atoms with Gasteiger partial charge in [-0.25, -0.2) is 0 Å². The molecule has 2 rings (SSSR count). The summed E-state index contributed by atoms with van der Waals surface area (Å²) >= 11 is 5.93. The van der Waals surface area contributed by atoms with Crippen LogP contribution in [0.2, 0.25) is 5.02 Å². The molecular weight excluding hydrogens is 456 g/mol. The fourth-order valence-electron chi connectivity index (χ4n) is 2.57. The van der Waals surface area contributed by atoms with Gasteiger partial charge in [-0.2, -0.15) is 13.2 Å². The van der Waals surface area contributed by atoms with Crippen molar-refractivity contribution in [2.75, 3.05) is 26.7 Å². The second kappa shape index (κ2) is 9.67. The van der Waals surface area contributed by atoms with Crippen molar-refractivity contribution < 1.29 is 13.2 Å². The zero-order valence-corrected chi connectivity index (χ0v) is 16.3. The Morgan fingerprint density at radius 1 is 1.42 bits per heavy atom. The van der Waals surface area contributed by atoms with E-state index in [2.05, 4.69) is 15.6 Å². The highest BCUT2D eigenvalue weighted by atomic mass is 127. The second-order valence-electron chi connectivity index (χ2n) is 5.54. The van der Waals surface area contributed by atoms with E-state index in [9.17, 15) is 13.2 Å². The molecule has 0 aliphatic carbocycles. The summed E-state index contributed by atoms with van der Waals surface area (Å²) < 4.78 is 37.2. The zero-order valence-electron chi connectivity index (χ0n) is 13.2. The van der Waals surface area contributed by atoms with Crippen LogP contribution in [0.1, 0.15) is 12.0 Å². The minimum atomic E-state index is -4.15. The summed E-state index contributed by atoms with van der Waals surface area (Å²) in [5.74, 6) is 0.573. The summed E-state index contributed by atoms with van der Waals surface area (Å²) in [5.41, 5.74) is 1.01. The van der Waals surface area contributed by atoms with E-state index >= 15 is 0 Å². The Morgan fingerprint density at radius 2 is 2.17 bits per heavy atom. The molecule has 1 saturated heterocycles. The lowest BCUT2D eigenvalue weighted by Gasteiger charge is -2.19. The van der Waals surface area contributed by atoms with Gasteiger partial charge < -0.3 is 10.6 Å². The molecular formula is C15H21ClF3IN4. The molecule has 1 aromatic rings. The van der Waals surface area contributed by atoms with Gasteiger partial charge in [0.25, 0.3) is 0 Å². The third kappa shape index (κ3) is 7.43. The van der Waals surface area contributed by atoms with Crippen LogP contribution < -0.4 is 10.6 Å². The van der Waals surface area contributed by atoms with Crippen molar-refractivity contribution in [1.82, 2.24) is 15.5 Å². The fourth-order valence-corrected chi connectivity index (χ4v) is 2.78. The topological polar surface area (TPSA) is 39.7 Å². The number of nitrogens with one attached hydrogen (secondary N) is 2. The number of nitrogens with zero attached hydrogens (tertiary/aromatic N) is 2. The molecule has 1 aromatic carbocycles. The van der Waals surface area contributed by atoms with E-state index in [1.807, 2.05) is 18.2 Å². The Kier molecular flexibility index (Phi) is 8.58. The number of alkyl halides is 3. The molecule has 1 aliphatic rings.